The van der Waals surface area contributed by atoms with E-state index < -0.39 is 0 Å². The second-order valence-electron chi connectivity index (χ2n) is 4.42. The molecule has 0 fully saturated rings. The monoisotopic (exact) mass is 258 g/mol. The number of anilines is 2. The molecule has 1 heterocycles. The van der Waals surface area contributed by atoms with Crippen LogP contribution in [0.25, 0.3) is 0 Å². The van der Waals surface area contributed by atoms with Gasteiger partial charge in [0.05, 0.1) is 17.4 Å². The van der Waals surface area contributed by atoms with Crippen LogP contribution in [0, 0.1) is 6.92 Å². The normalized spacial score (nSPS) is 10.2. The van der Waals surface area contributed by atoms with Crippen molar-refractivity contribution in [2.75, 3.05) is 17.2 Å². The Morgan fingerprint density at radius 3 is 2.95 bits per heavy atom. The number of carbonyl (C=O) groups is 1. The van der Waals surface area contributed by atoms with Gasteiger partial charge in [0.1, 0.15) is 0 Å². The number of carbonyl (C=O) groups excluding carboxylic acids is 1. The Kier molecular flexibility index (Phi) is 4.18. The van der Waals surface area contributed by atoms with Crippen LogP contribution in [0.2, 0.25) is 0 Å². The SMILES string of the molecule is CCCNc1cc(C)ccc1C(=O)Nc1cn[nH]c1. The molecule has 0 unspecified atom stereocenters. The molecule has 1 aromatic heterocycles. The number of H-pyrrole nitrogens is 1. The molecule has 0 aliphatic rings. The van der Waals surface area contributed by atoms with Gasteiger partial charge in [-0.1, -0.05) is 13.0 Å². The maximum absolute atomic E-state index is 12.2. The van der Waals surface area contributed by atoms with Gasteiger partial charge in [-0.25, -0.2) is 0 Å². The zero-order valence-corrected chi connectivity index (χ0v) is 11.2. The van der Waals surface area contributed by atoms with E-state index >= 15 is 0 Å². The molecule has 5 heteroatoms. The molecule has 0 aliphatic carbocycles. The maximum atomic E-state index is 12.2. The quantitative estimate of drug-likeness (QED) is 0.772. The highest BCUT2D eigenvalue weighted by Crippen LogP contribution is 2.19. The predicted molar refractivity (Wildman–Crippen MR) is 76.5 cm³/mol. The number of hydrogen-bond donors (Lipinski definition) is 3. The molecule has 0 bridgehead atoms. The number of rotatable bonds is 5. The Labute approximate surface area is 112 Å². The van der Waals surface area contributed by atoms with Crippen molar-refractivity contribution in [3.8, 4) is 0 Å². The first-order chi connectivity index (χ1) is 9.20. The molecule has 1 amide bonds. The van der Waals surface area contributed by atoms with Crippen LogP contribution in [0.4, 0.5) is 11.4 Å². The summed E-state index contributed by atoms with van der Waals surface area (Å²) in [5, 5.41) is 12.5. The molecule has 0 spiro atoms. The average molecular weight is 258 g/mol. The summed E-state index contributed by atoms with van der Waals surface area (Å²) in [6.07, 6.45) is 4.23. The fourth-order valence-corrected chi connectivity index (χ4v) is 1.78. The number of benzene rings is 1. The lowest BCUT2D eigenvalue weighted by Gasteiger charge is -2.12. The molecule has 0 saturated heterocycles. The molecule has 0 aliphatic heterocycles. The average Bonchev–Trinajstić information content (AvgIpc) is 2.89. The predicted octanol–water partition coefficient (Wildman–Crippen LogP) is 2.79. The van der Waals surface area contributed by atoms with Gasteiger partial charge in [-0.2, -0.15) is 5.10 Å². The fourth-order valence-electron chi connectivity index (χ4n) is 1.78. The molecule has 1 aromatic carbocycles. The summed E-state index contributed by atoms with van der Waals surface area (Å²) in [6.45, 7) is 4.94. The fraction of sp³-hybridized carbons (Fsp3) is 0.286. The first-order valence-electron chi connectivity index (χ1n) is 6.35. The molecule has 0 atom stereocenters. The third kappa shape index (κ3) is 3.34. The highest BCUT2D eigenvalue weighted by atomic mass is 16.1. The molecular weight excluding hydrogens is 240 g/mol. The molecule has 5 nitrogen and oxygen atoms in total. The van der Waals surface area contributed by atoms with Gasteiger partial charge in [0.25, 0.3) is 5.91 Å². The van der Waals surface area contributed by atoms with Gasteiger partial charge in [0.15, 0.2) is 0 Å². The maximum Gasteiger partial charge on any atom is 0.257 e. The third-order valence-corrected chi connectivity index (χ3v) is 2.74. The number of aromatic nitrogens is 2. The van der Waals surface area contributed by atoms with E-state index in [1.807, 2.05) is 25.1 Å². The molecular formula is C14H18N4O. The van der Waals surface area contributed by atoms with E-state index in [0.29, 0.717) is 11.3 Å². The van der Waals surface area contributed by atoms with Crippen LogP contribution < -0.4 is 10.6 Å². The Morgan fingerprint density at radius 1 is 1.42 bits per heavy atom. The van der Waals surface area contributed by atoms with Crippen LogP contribution in [0.5, 0.6) is 0 Å². The second-order valence-corrected chi connectivity index (χ2v) is 4.42. The first kappa shape index (κ1) is 13.1. The Balaban J connectivity index is 2.20. The van der Waals surface area contributed by atoms with Crippen LogP contribution >= 0.6 is 0 Å². The van der Waals surface area contributed by atoms with Crippen LogP contribution in [0.15, 0.2) is 30.6 Å². The number of aromatic amines is 1. The zero-order chi connectivity index (χ0) is 13.7. The minimum Gasteiger partial charge on any atom is -0.384 e. The summed E-state index contributed by atoms with van der Waals surface area (Å²) in [4.78, 5) is 12.2. The number of hydrogen-bond acceptors (Lipinski definition) is 3. The van der Waals surface area contributed by atoms with E-state index in [1.165, 1.54) is 0 Å². The highest BCUT2D eigenvalue weighted by molar-refractivity contribution is 6.08. The van der Waals surface area contributed by atoms with E-state index in [9.17, 15) is 4.79 Å². The van der Waals surface area contributed by atoms with Crippen molar-refractivity contribution >= 4 is 17.3 Å². The zero-order valence-electron chi connectivity index (χ0n) is 11.2. The van der Waals surface area contributed by atoms with Gasteiger partial charge < -0.3 is 10.6 Å². The summed E-state index contributed by atoms with van der Waals surface area (Å²) in [6, 6.07) is 5.75. The largest absolute Gasteiger partial charge is 0.384 e. The van der Waals surface area contributed by atoms with Crippen molar-refractivity contribution in [1.82, 2.24) is 10.2 Å². The molecule has 2 aromatic rings. The van der Waals surface area contributed by atoms with E-state index in [4.69, 9.17) is 0 Å². The minimum atomic E-state index is -0.139. The number of nitrogens with zero attached hydrogens (tertiary/aromatic N) is 1. The smallest absolute Gasteiger partial charge is 0.257 e. The van der Waals surface area contributed by atoms with Crippen molar-refractivity contribution in [1.29, 1.82) is 0 Å². The number of amides is 1. The van der Waals surface area contributed by atoms with E-state index in [1.54, 1.807) is 12.4 Å². The summed E-state index contributed by atoms with van der Waals surface area (Å²) in [7, 11) is 0. The van der Waals surface area contributed by atoms with Crippen LogP contribution in [0.1, 0.15) is 29.3 Å². The molecule has 0 radical (unpaired) electrons. The van der Waals surface area contributed by atoms with Crippen molar-refractivity contribution in [3.05, 3.63) is 41.7 Å². The van der Waals surface area contributed by atoms with E-state index in [0.717, 1.165) is 24.2 Å². The summed E-state index contributed by atoms with van der Waals surface area (Å²) < 4.78 is 0. The molecule has 0 saturated carbocycles. The number of nitrogens with one attached hydrogen (secondary N) is 3. The summed E-state index contributed by atoms with van der Waals surface area (Å²) >= 11 is 0. The molecule has 3 N–H and O–H groups in total. The van der Waals surface area contributed by atoms with Gasteiger partial charge >= 0.3 is 0 Å². The lowest BCUT2D eigenvalue weighted by molar-refractivity contribution is 0.102. The van der Waals surface area contributed by atoms with Crippen LogP contribution in [0.3, 0.4) is 0 Å². The Bertz CT molecular complexity index is 549. The topological polar surface area (TPSA) is 69.8 Å². The lowest BCUT2D eigenvalue weighted by Crippen LogP contribution is -2.15. The van der Waals surface area contributed by atoms with Crippen molar-refractivity contribution in [3.63, 3.8) is 0 Å². The van der Waals surface area contributed by atoms with Gasteiger partial charge in [-0.15, -0.1) is 0 Å². The molecule has 19 heavy (non-hydrogen) atoms. The van der Waals surface area contributed by atoms with Crippen LogP contribution in [-0.2, 0) is 0 Å². The van der Waals surface area contributed by atoms with E-state index in [2.05, 4.69) is 27.8 Å². The van der Waals surface area contributed by atoms with Gasteiger partial charge in [-0.05, 0) is 31.0 Å². The van der Waals surface area contributed by atoms with E-state index in [-0.39, 0.29) is 5.91 Å². The van der Waals surface area contributed by atoms with Gasteiger partial charge in [0.2, 0.25) is 0 Å². The highest BCUT2D eigenvalue weighted by Gasteiger charge is 2.11. The number of aryl methyl sites for hydroxylation is 1. The second kappa shape index (κ2) is 6.04. The summed E-state index contributed by atoms with van der Waals surface area (Å²) in [5.41, 5.74) is 3.29. The minimum absolute atomic E-state index is 0.139. The van der Waals surface area contributed by atoms with Crippen molar-refractivity contribution < 1.29 is 4.79 Å². The van der Waals surface area contributed by atoms with Crippen molar-refractivity contribution in [2.45, 2.75) is 20.3 Å². The summed E-state index contributed by atoms with van der Waals surface area (Å²) in [5.74, 6) is -0.139. The van der Waals surface area contributed by atoms with Crippen molar-refractivity contribution in [2.24, 2.45) is 0 Å². The Hall–Kier alpha value is -2.30. The molecule has 2 rings (SSSR count). The first-order valence-corrected chi connectivity index (χ1v) is 6.35. The Morgan fingerprint density at radius 2 is 2.26 bits per heavy atom. The lowest BCUT2D eigenvalue weighted by atomic mass is 10.1. The third-order valence-electron chi connectivity index (χ3n) is 2.74. The molecule has 100 valence electrons. The standard InChI is InChI=1S/C14H18N4O/c1-3-6-15-13-7-10(2)4-5-12(13)14(19)18-11-8-16-17-9-11/h4-5,7-9,15H,3,6H2,1-2H3,(H,16,17)(H,18,19). The van der Waals surface area contributed by atoms with Gasteiger partial charge in [-0.3, -0.25) is 9.89 Å². The van der Waals surface area contributed by atoms with Gasteiger partial charge in [0, 0.05) is 18.4 Å². The van der Waals surface area contributed by atoms with Crippen LogP contribution in [-0.4, -0.2) is 22.6 Å².